The summed E-state index contributed by atoms with van der Waals surface area (Å²) in [7, 11) is 1.50. The first-order valence-electron chi connectivity index (χ1n) is 10.3. The second-order valence-electron chi connectivity index (χ2n) is 7.30. The Labute approximate surface area is 191 Å². The summed E-state index contributed by atoms with van der Waals surface area (Å²) in [6, 6.07) is 18.3. The van der Waals surface area contributed by atoms with Crippen LogP contribution in [0.2, 0.25) is 0 Å². The van der Waals surface area contributed by atoms with Gasteiger partial charge in [-0.15, -0.1) is 0 Å². The maximum atomic E-state index is 12.4. The second kappa shape index (κ2) is 10.9. The molecule has 0 saturated carbocycles. The quantitative estimate of drug-likeness (QED) is 0.513. The third-order valence-corrected chi connectivity index (χ3v) is 4.78. The number of nitrogens with zero attached hydrogens (tertiary/aromatic N) is 1. The Bertz CT molecular complexity index is 1160. The van der Waals surface area contributed by atoms with Crippen molar-refractivity contribution in [3.05, 3.63) is 77.5 Å². The van der Waals surface area contributed by atoms with Crippen molar-refractivity contribution in [1.82, 2.24) is 10.3 Å². The summed E-state index contributed by atoms with van der Waals surface area (Å²) >= 11 is 0. The SMILES string of the molecule is COc1ccc(C)cc1NC(=O)CNC(=O)COC(=O)c1ccc(-c2ccccc2)nc1C. The van der Waals surface area contributed by atoms with Gasteiger partial charge in [-0.2, -0.15) is 0 Å². The Morgan fingerprint density at radius 3 is 2.39 bits per heavy atom. The predicted octanol–water partition coefficient (Wildman–Crippen LogP) is 3.29. The molecule has 0 aliphatic heterocycles. The minimum absolute atomic E-state index is 0.270. The van der Waals surface area contributed by atoms with Crippen LogP contribution in [0.5, 0.6) is 5.75 Å². The first-order chi connectivity index (χ1) is 15.9. The maximum absolute atomic E-state index is 12.4. The highest BCUT2D eigenvalue weighted by molar-refractivity contribution is 5.96. The van der Waals surface area contributed by atoms with E-state index in [4.69, 9.17) is 9.47 Å². The maximum Gasteiger partial charge on any atom is 0.340 e. The first-order valence-corrected chi connectivity index (χ1v) is 10.3. The topological polar surface area (TPSA) is 107 Å². The van der Waals surface area contributed by atoms with E-state index in [1.54, 1.807) is 31.2 Å². The molecule has 0 unspecified atom stereocenters. The molecule has 1 heterocycles. The molecule has 3 rings (SSSR count). The van der Waals surface area contributed by atoms with Gasteiger partial charge in [0.2, 0.25) is 5.91 Å². The van der Waals surface area contributed by atoms with Crippen molar-refractivity contribution in [3.8, 4) is 17.0 Å². The van der Waals surface area contributed by atoms with E-state index < -0.39 is 24.4 Å². The molecule has 8 nitrogen and oxygen atoms in total. The van der Waals surface area contributed by atoms with Crippen LogP contribution in [-0.4, -0.2) is 43.0 Å². The van der Waals surface area contributed by atoms with Gasteiger partial charge in [0.05, 0.1) is 36.3 Å². The van der Waals surface area contributed by atoms with Gasteiger partial charge in [-0.05, 0) is 43.7 Å². The van der Waals surface area contributed by atoms with E-state index in [1.165, 1.54) is 7.11 Å². The number of rotatable bonds is 8. The fourth-order valence-electron chi connectivity index (χ4n) is 3.10. The molecule has 0 saturated heterocycles. The smallest absolute Gasteiger partial charge is 0.340 e. The zero-order chi connectivity index (χ0) is 23.8. The monoisotopic (exact) mass is 447 g/mol. The third-order valence-electron chi connectivity index (χ3n) is 4.78. The summed E-state index contributed by atoms with van der Waals surface area (Å²) in [6.07, 6.45) is 0. The second-order valence-corrected chi connectivity index (χ2v) is 7.30. The summed E-state index contributed by atoms with van der Waals surface area (Å²) < 4.78 is 10.3. The number of nitrogens with one attached hydrogen (secondary N) is 2. The molecule has 0 radical (unpaired) electrons. The van der Waals surface area contributed by atoms with Crippen LogP contribution < -0.4 is 15.4 Å². The number of esters is 1. The van der Waals surface area contributed by atoms with Gasteiger partial charge < -0.3 is 20.1 Å². The molecule has 0 bridgehead atoms. The number of aryl methyl sites for hydroxylation is 2. The van der Waals surface area contributed by atoms with Gasteiger partial charge in [-0.25, -0.2) is 4.79 Å². The molecule has 170 valence electrons. The molecule has 2 N–H and O–H groups in total. The van der Waals surface area contributed by atoms with Crippen LogP contribution in [0.1, 0.15) is 21.6 Å². The molecule has 0 fully saturated rings. The molecule has 2 aromatic carbocycles. The van der Waals surface area contributed by atoms with Crippen molar-refractivity contribution >= 4 is 23.5 Å². The molecule has 1 aromatic heterocycles. The van der Waals surface area contributed by atoms with E-state index in [-0.39, 0.29) is 12.1 Å². The lowest BCUT2D eigenvalue weighted by molar-refractivity contribution is -0.126. The predicted molar refractivity (Wildman–Crippen MR) is 124 cm³/mol. The lowest BCUT2D eigenvalue weighted by atomic mass is 10.1. The molecular formula is C25H25N3O5. The number of aromatic nitrogens is 1. The summed E-state index contributed by atoms with van der Waals surface area (Å²) in [6.45, 7) is 2.80. The number of carbonyl (C=O) groups is 3. The van der Waals surface area contributed by atoms with Gasteiger partial charge in [-0.1, -0.05) is 36.4 Å². The standard InChI is InChI=1S/C25H25N3O5/c1-16-9-12-22(32-3)21(13-16)28-23(29)14-26-24(30)15-33-25(31)19-10-11-20(27-17(19)2)18-7-5-4-6-8-18/h4-13H,14-15H2,1-3H3,(H,26,30)(H,28,29). The molecule has 0 spiro atoms. The van der Waals surface area contributed by atoms with E-state index >= 15 is 0 Å². The molecule has 2 amide bonds. The number of hydrogen-bond acceptors (Lipinski definition) is 6. The number of methoxy groups -OCH3 is 1. The van der Waals surface area contributed by atoms with Crippen molar-refractivity contribution in [1.29, 1.82) is 0 Å². The summed E-state index contributed by atoms with van der Waals surface area (Å²) in [5.41, 5.74) is 3.88. The van der Waals surface area contributed by atoms with Crippen LogP contribution >= 0.6 is 0 Å². The van der Waals surface area contributed by atoms with Gasteiger partial charge >= 0.3 is 5.97 Å². The van der Waals surface area contributed by atoms with Crippen LogP contribution in [0.25, 0.3) is 11.3 Å². The van der Waals surface area contributed by atoms with Crippen molar-refractivity contribution in [3.63, 3.8) is 0 Å². The molecule has 0 aliphatic carbocycles. The average Bonchev–Trinajstić information content (AvgIpc) is 2.82. The zero-order valence-corrected chi connectivity index (χ0v) is 18.7. The van der Waals surface area contributed by atoms with Crippen molar-refractivity contribution < 1.29 is 23.9 Å². The molecule has 3 aromatic rings. The Morgan fingerprint density at radius 1 is 0.939 bits per heavy atom. The number of benzene rings is 2. The minimum atomic E-state index is -0.663. The highest BCUT2D eigenvalue weighted by Crippen LogP contribution is 2.25. The van der Waals surface area contributed by atoms with Crippen LogP contribution in [0.15, 0.2) is 60.7 Å². The molecular weight excluding hydrogens is 422 g/mol. The van der Waals surface area contributed by atoms with Crippen LogP contribution in [0.4, 0.5) is 5.69 Å². The van der Waals surface area contributed by atoms with E-state index in [9.17, 15) is 14.4 Å². The summed E-state index contributed by atoms with van der Waals surface area (Å²) in [5.74, 6) is -1.18. The number of anilines is 1. The van der Waals surface area contributed by atoms with E-state index in [1.807, 2.05) is 43.3 Å². The zero-order valence-electron chi connectivity index (χ0n) is 18.7. The number of carbonyl (C=O) groups excluding carboxylic acids is 3. The van der Waals surface area contributed by atoms with Crippen molar-refractivity contribution in [2.24, 2.45) is 0 Å². The first kappa shape index (κ1) is 23.5. The molecule has 0 atom stereocenters. The fraction of sp³-hybridized carbons (Fsp3) is 0.200. The van der Waals surface area contributed by atoms with Crippen molar-refractivity contribution in [2.75, 3.05) is 25.6 Å². The third kappa shape index (κ3) is 6.39. The number of amides is 2. The number of hydrogen-bond donors (Lipinski definition) is 2. The Morgan fingerprint density at radius 2 is 1.70 bits per heavy atom. The lowest BCUT2D eigenvalue weighted by Gasteiger charge is -2.12. The van der Waals surface area contributed by atoms with E-state index in [0.717, 1.165) is 16.8 Å². The van der Waals surface area contributed by atoms with Gasteiger partial charge in [0.1, 0.15) is 5.75 Å². The summed E-state index contributed by atoms with van der Waals surface area (Å²) in [4.78, 5) is 41.0. The Hall–Kier alpha value is -4.20. The highest BCUT2D eigenvalue weighted by atomic mass is 16.5. The van der Waals surface area contributed by atoms with Gasteiger partial charge in [0, 0.05) is 5.56 Å². The molecule has 8 heteroatoms. The van der Waals surface area contributed by atoms with Gasteiger partial charge in [-0.3, -0.25) is 14.6 Å². The van der Waals surface area contributed by atoms with E-state index in [2.05, 4.69) is 15.6 Å². The lowest BCUT2D eigenvalue weighted by Crippen LogP contribution is -2.35. The minimum Gasteiger partial charge on any atom is -0.495 e. The van der Waals surface area contributed by atoms with E-state index in [0.29, 0.717) is 17.1 Å². The number of ether oxygens (including phenoxy) is 2. The average molecular weight is 447 g/mol. The largest absolute Gasteiger partial charge is 0.495 e. The molecule has 0 aliphatic rings. The highest BCUT2D eigenvalue weighted by Gasteiger charge is 2.15. The fourth-order valence-corrected chi connectivity index (χ4v) is 3.10. The number of pyridine rings is 1. The Balaban J connectivity index is 1.49. The van der Waals surface area contributed by atoms with Gasteiger partial charge in [0.25, 0.3) is 5.91 Å². The van der Waals surface area contributed by atoms with Crippen LogP contribution in [0.3, 0.4) is 0 Å². The van der Waals surface area contributed by atoms with Crippen molar-refractivity contribution in [2.45, 2.75) is 13.8 Å². The van der Waals surface area contributed by atoms with Crippen LogP contribution in [0, 0.1) is 13.8 Å². The normalized spacial score (nSPS) is 10.3. The summed E-state index contributed by atoms with van der Waals surface area (Å²) in [5, 5.41) is 5.10. The van der Waals surface area contributed by atoms with Gasteiger partial charge in [0.15, 0.2) is 6.61 Å². The Kier molecular flexibility index (Phi) is 7.75. The van der Waals surface area contributed by atoms with Crippen LogP contribution in [-0.2, 0) is 14.3 Å². The molecule has 33 heavy (non-hydrogen) atoms.